The first-order valence-electron chi connectivity index (χ1n) is 8.10. The van der Waals surface area contributed by atoms with Crippen LogP contribution < -0.4 is 10.1 Å². The average Bonchev–Trinajstić information content (AvgIpc) is 2.67. The Morgan fingerprint density at radius 2 is 1.76 bits per heavy atom. The second-order valence-corrected chi connectivity index (χ2v) is 5.79. The number of carbonyl (C=O) groups excluding carboxylic acids is 1. The molecule has 1 N–H and O–H groups in total. The smallest absolute Gasteiger partial charge is 0.251 e. The van der Waals surface area contributed by atoms with E-state index in [1.165, 1.54) is 0 Å². The summed E-state index contributed by atoms with van der Waals surface area (Å²) in [5, 5.41) is 2.96. The molecule has 0 fully saturated rings. The molecular formula is C21H20N2O2. The minimum absolute atomic E-state index is 0.0930. The van der Waals surface area contributed by atoms with Crippen molar-refractivity contribution in [1.29, 1.82) is 0 Å². The van der Waals surface area contributed by atoms with Gasteiger partial charge in [0.1, 0.15) is 5.75 Å². The van der Waals surface area contributed by atoms with Crippen molar-refractivity contribution < 1.29 is 9.53 Å². The summed E-state index contributed by atoms with van der Waals surface area (Å²) < 4.78 is 5.19. The van der Waals surface area contributed by atoms with Crippen LogP contribution in [0.1, 0.15) is 21.5 Å². The normalized spacial score (nSPS) is 10.3. The van der Waals surface area contributed by atoms with E-state index in [0.29, 0.717) is 12.1 Å². The summed E-state index contributed by atoms with van der Waals surface area (Å²) in [6.45, 7) is 2.42. The quantitative estimate of drug-likeness (QED) is 0.768. The topological polar surface area (TPSA) is 51.2 Å². The maximum Gasteiger partial charge on any atom is 0.251 e. The van der Waals surface area contributed by atoms with Crippen LogP contribution in [0, 0.1) is 6.92 Å². The minimum atomic E-state index is -0.0930. The minimum Gasteiger partial charge on any atom is -0.497 e. The third-order valence-corrected chi connectivity index (χ3v) is 4.01. The van der Waals surface area contributed by atoms with Crippen molar-refractivity contribution in [3.05, 3.63) is 83.6 Å². The summed E-state index contributed by atoms with van der Waals surface area (Å²) in [4.78, 5) is 16.8. The molecule has 3 rings (SSSR count). The van der Waals surface area contributed by atoms with E-state index in [4.69, 9.17) is 4.74 Å². The van der Waals surface area contributed by atoms with Crippen molar-refractivity contribution in [1.82, 2.24) is 10.3 Å². The zero-order chi connectivity index (χ0) is 17.6. The van der Waals surface area contributed by atoms with Gasteiger partial charge in [0.05, 0.1) is 12.8 Å². The summed E-state index contributed by atoms with van der Waals surface area (Å²) in [5.41, 5.74) is 4.59. The number of rotatable bonds is 5. The molecule has 4 heteroatoms. The number of hydrogen-bond acceptors (Lipinski definition) is 3. The maximum atomic E-state index is 12.3. The monoisotopic (exact) mass is 332 g/mol. The lowest BCUT2D eigenvalue weighted by molar-refractivity contribution is 0.0951. The van der Waals surface area contributed by atoms with Gasteiger partial charge < -0.3 is 10.1 Å². The third kappa shape index (κ3) is 4.04. The molecule has 3 aromatic rings. The zero-order valence-electron chi connectivity index (χ0n) is 14.3. The number of amides is 1. The van der Waals surface area contributed by atoms with E-state index in [2.05, 4.69) is 10.3 Å². The molecule has 1 amide bonds. The first-order chi connectivity index (χ1) is 12.2. The standard InChI is InChI=1S/C21H20N2O2/c1-15-5-7-17(8-6-15)21(24)23-14-18-4-3-13-22-20(18)16-9-11-19(25-2)12-10-16/h3-13H,14H2,1-2H3,(H,23,24). The maximum absolute atomic E-state index is 12.3. The summed E-state index contributed by atoms with van der Waals surface area (Å²) in [6, 6.07) is 19.1. The van der Waals surface area contributed by atoms with Gasteiger partial charge in [0.2, 0.25) is 0 Å². The second-order valence-electron chi connectivity index (χ2n) is 5.79. The molecule has 0 spiro atoms. The van der Waals surface area contributed by atoms with Gasteiger partial charge in [0.15, 0.2) is 0 Å². The van der Waals surface area contributed by atoms with Gasteiger partial charge in [-0.15, -0.1) is 0 Å². The van der Waals surface area contributed by atoms with Crippen molar-refractivity contribution >= 4 is 5.91 Å². The van der Waals surface area contributed by atoms with Crippen LogP contribution >= 0.6 is 0 Å². The molecule has 126 valence electrons. The Balaban J connectivity index is 1.76. The van der Waals surface area contributed by atoms with Crippen LogP contribution in [0.3, 0.4) is 0 Å². The van der Waals surface area contributed by atoms with E-state index in [9.17, 15) is 4.79 Å². The first-order valence-corrected chi connectivity index (χ1v) is 8.10. The molecule has 2 aromatic carbocycles. The Morgan fingerprint density at radius 1 is 1.04 bits per heavy atom. The summed E-state index contributed by atoms with van der Waals surface area (Å²) in [6.07, 6.45) is 1.75. The van der Waals surface area contributed by atoms with Crippen LogP contribution in [-0.4, -0.2) is 18.0 Å². The van der Waals surface area contributed by atoms with Gasteiger partial charge in [-0.3, -0.25) is 9.78 Å². The number of benzene rings is 2. The summed E-state index contributed by atoms with van der Waals surface area (Å²) in [5.74, 6) is 0.707. The molecule has 0 bridgehead atoms. The number of methoxy groups -OCH3 is 1. The van der Waals surface area contributed by atoms with Crippen molar-refractivity contribution in [3.8, 4) is 17.0 Å². The molecule has 4 nitrogen and oxygen atoms in total. The van der Waals surface area contributed by atoms with Gasteiger partial charge in [-0.05, 0) is 55.0 Å². The van der Waals surface area contributed by atoms with Gasteiger partial charge in [0, 0.05) is 23.9 Å². The zero-order valence-corrected chi connectivity index (χ0v) is 14.3. The second kappa shape index (κ2) is 7.62. The molecule has 0 atom stereocenters. The van der Waals surface area contributed by atoms with Gasteiger partial charge in [-0.1, -0.05) is 23.8 Å². The predicted octanol–water partition coefficient (Wildman–Crippen LogP) is 4.00. The Hall–Kier alpha value is -3.14. The van der Waals surface area contributed by atoms with Crippen LogP contribution in [-0.2, 0) is 6.54 Å². The lowest BCUT2D eigenvalue weighted by Crippen LogP contribution is -2.23. The van der Waals surface area contributed by atoms with Gasteiger partial charge in [0.25, 0.3) is 5.91 Å². The third-order valence-electron chi connectivity index (χ3n) is 4.01. The van der Waals surface area contributed by atoms with E-state index in [-0.39, 0.29) is 5.91 Å². The largest absolute Gasteiger partial charge is 0.497 e. The highest BCUT2D eigenvalue weighted by Gasteiger charge is 2.09. The van der Waals surface area contributed by atoms with Crippen molar-refractivity contribution in [2.24, 2.45) is 0 Å². The number of nitrogens with zero attached hydrogens (tertiary/aromatic N) is 1. The van der Waals surface area contributed by atoms with Crippen LogP contribution in [0.25, 0.3) is 11.3 Å². The highest BCUT2D eigenvalue weighted by atomic mass is 16.5. The molecule has 1 heterocycles. The molecule has 0 aliphatic heterocycles. The van der Waals surface area contributed by atoms with Crippen LogP contribution in [0.2, 0.25) is 0 Å². The number of nitrogens with one attached hydrogen (secondary N) is 1. The summed E-state index contributed by atoms with van der Waals surface area (Å²) in [7, 11) is 1.64. The van der Waals surface area contributed by atoms with Crippen LogP contribution in [0.5, 0.6) is 5.75 Å². The van der Waals surface area contributed by atoms with Gasteiger partial charge in [-0.25, -0.2) is 0 Å². The Kier molecular flexibility index (Phi) is 5.09. The Bertz CT molecular complexity index is 856. The van der Waals surface area contributed by atoms with E-state index in [1.54, 1.807) is 13.3 Å². The molecule has 0 saturated carbocycles. The van der Waals surface area contributed by atoms with Gasteiger partial charge in [-0.2, -0.15) is 0 Å². The molecule has 0 saturated heterocycles. The van der Waals surface area contributed by atoms with E-state index in [0.717, 1.165) is 28.1 Å². The Morgan fingerprint density at radius 3 is 2.44 bits per heavy atom. The van der Waals surface area contributed by atoms with E-state index in [1.807, 2.05) is 67.6 Å². The fourth-order valence-electron chi connectivity index (χ4n) is 2.57. The molecule has 0 unspecified atom stereocenters. The predicted molar refractivity (Wildman–Crippen MR) is 98.6 cm³/mol. The van der Waals surface area contributed by atoms with Gasteiger partial charge >= 0.3 is 0 Å². The number of ether oxygens (including phenoxy) is 1. The van der Waals surface area contributed by atoms with E-state index < -0.39 is 0 Å². The lowest BCUT2D eigenvalue weighted by Gasteiger charge is -2.11. The summed E-state index contributed by atoms with van der Waals surface area (Å²) >= 11 is 0. The molecule has 0 radical (unpaired) electrons. The number of aryl methyl sites for hydroxylation is 1. The molecule has 25 heavy (non-hydrogen) atoms. The number of hydrogen-bond donors (Lipinski definition) is 1. The Labute approximate surface area is 147 Å². The molecule has 1 aromatic heterocycles. The van der Waals surface area contributed by atoms with Crippen LogP contribution in [0.15, 0.2) is 66.9 Å². The highest BCUT2D eigenvalue weighted by molar-refractivity contribution is 5.94. The van der Waals surface area contributed by atoms with Crippen molar-refractivity contribution in [3.63, 3.8) is 0 Å². The number of pyridine rings is 1. The van der Waals surface area contributed by atoms with Crippen LogP contribution in [0.4, 0.5) is 0 Å². The lowest BCUT2D eigenvalue weighted by atomic mass is 10.1. The van der Waals surface area contributed by atoms with E-state index >= 15 is 0 Å². The van der Waals surface area contributed by atoms with Crippen molar-refractivity contribution in [2.75, 3.05) is 7.11 Å². The number of aromatic nitrogens is 1. The molecule has 0 aliphatic rings. The SMILES string of the molecule is COc1ccc(-c2ncccc2CNC(=O)c2ccc(C)cc2)cc1. The fraction of sp³-hybridized carbons (Fsp3) is 0.143. The molecule has 0 aliphatic carbocycles. The molecular weight excluding hydrogens is 312 g/mol. The number of carbonyl (C=O) groups is 1. The highest BCUT2D eigenvalue weighted by Crippen LogP contribution is 2.23. The first kappa shape index (κ1) is 16.7. The van der Waals surface area contributed by atoms with Crippen molar-refractivity contribution in [2.45, 2.75) is 13.5 Å². The average molecular weight is 332 g/mol. The fourth-order valence-corrected chi connectivity index (χ4v) is 2.57.